The van der Waals surface area contributed by atoms with Gasteiger partial charge in [-0.3, -0.25) is 4.90 Å². The van der Waals surface area contributed by atoms with Crippen molar-refractivity contribution in [1.82, 2.24) is 9.88 Å². The fourth-order valence-corrected chi connectivity index (χ4v) is 2.85. The molecule has 2 heterocycles. The van der Waals surface area contributed by atoms with E-state index in [0.29, 0.717) is 17.9 Å². The quantitative estimate of drug-likeness (QED) is 0.919. The molecule has 5 nitrogen and oxygen atoms in total. The van der Waals surface area contributed by atoms with Gasteiger partial charge in [0.2, 0.25) is 0 Å². The van der Waals surface area contributed by atoms with Crippen molar-refractivity contribution in [3.8, 4) is 6.07 Å². The molecule has 2 aromatic rings. The van der Waals surface area contributed by atoms with E-state index in [2.05, 4.69) is 45.5 Å². The number of pyridine rings is 1. The van der Waals surface area contributed by atoms with Crippen LogP contribution in [0.5, 0.6) is 0 Å². The predicted molar refractivity (Wildman–Crippen MR) is 89.0 cm³/mol. The Hall–Kier alpha value is -2.42. The minimum atomic E-state index is 0.230. The molecule has 23 heavy (non-hydrogen) atoms. The average molecular weight is 308 g/mol. The van der Waals surface area contributed by atoms with E-state index in [1.165, 1.54) is 5.56 Å². The zero-order valence-electron chi connectivity index (χ0n) is 13.0. The highest BCUT2D eigenvalue weighted by molar-refractivity contribution is 5.51. The first-order chi connectivity index (χ1) is 11.4. The smallest absolute Gasteiger partial charge is 0.143 e. The van der Waals surface area contributed by atoms with Crippen LogP contribution >= 0.6 is 0 Å². The summed E-state index contributed by atoms with van der Waals surface area (Å²) in [5, 5.41) is 12.5. The van der Waals surface area contributed by atoms with Gasteiger partial charge in [-0.25, -0.2) is 4.98 Å². The molecule has 1 aliphatic heterocycles. The maximum absolute atomic E-state index is 9.19. The molecule has 1 aromatic carbocycles. The van der Waals surface area contributed by atoms with E-state index in [0.717, 1.165) is 26.3 Å². The topological polar surface area (TPSA) is 61.2 Å². The summed E-state index contributed by atoms with van der Waals surface area (Å²) < 4.78 is 5.47. The molecular formula is C18H20N4O. The van der Waals surface area contributed by atoms with Gasteiger partial charge in [-0.1, -0.05) is 30.3 Å². The monoisotopic (exact) mass is 308 g/mol. The minimum absolute atomic E-state index is 0.230. The SMILES string of the molecule is N#Cc1cccnc1NC[C@@H](c1ccccc1)N1CCOCC1. The van der Waals surface area contributed by atoms with Gasteiger partial charge in [0.05, 0.1) is 24.8 Å². The van der Waals surface area contributed by atoms with Crippen molar-refractivity contribution in [2.45, 2.75) is 6.04 Å². The zero-order valence-corrected chi connectivity index (χ0v) is 13.0. The fraction of sp³-hybridized carbons (Fsp3) is 0.333. The lowest BCUT2D eigenvalue weighted by Gasteiger charge is -2.35. The van der Waals surface area contributed by atoms with Crippen molar-refractivity contribution in [1.29, 1.82) is 5.26 Å². The lowest BCUT2D eigenvalue weighted by Crippen LogP contribution is -2.41. The summed E-state index contributed by atoms with van der Waals surface area (Å²) in [7, 11) is 0. The highest BCUT2D eigenvalue weighted by atomic mass is 16.5. The van der Waals surface area contributed by atoms with Crippen LogP contribution in [0.15, 0.2) is 48.7 Å². The minimum Gasteiger partial charge on any atom is -0.379 e. The van der Waals surface area contributed by atoms with Crippen LogP contribution in [0.2, 0.25) is 0 Å². The molecule has 0 radical (unpaired) electrons. The Labute approximate surface area is 136 Å². The Morgan fingerprint density at radius 2 is 1.96 bits per heavy atom. The Bertz CT molecular complexity index is 662. The van der Waals surface area contributed by atoms with Crippen molar-refractivity contribution < 1.29 is 4.74 Å². The molecule has 0 aliphatic carbocycles. The number of nitriles is 1. The van der Waals surface area contributed by atoms with E-state index < -0.39 is 0 Å². The van der Waals surface area contributed by atoms with Crippen molar-refractivity contribution in [3.63, 3.8) is 0 Å². The van der Waals surface area contributed by atoms with Crippen molar-refractivity contribution in [2.75, 3.05) is 38.2 Å². The highest BCUT2D eigenvalue weighted by Crippen LogP contribution is 2.23. The number of rotatable bonds is 5. The van der Waals surface area contributed by atoms with Crippen LogP contribution in [-0.4, -0.2) is 42.7 Å². The summed E-state index contributed by atoms with van der Waals surface area (Å²) in [6.07, 6.45) is 1.70. The number of nitrogens with zero attached hydrogens (tertiary/aromatic N) is 3. The largest absolute Gasteiger partial charge is 0.379 e. The molecule has 0 bridgehead atoms. The molecule has 1 aromatic heterocycles. The van der Waals surface area contributed by atoms with Crippen molar-refractivity contribution in [3.05, 3.63) is 59.8 Å². The van der Waals surface area contributed by atoms with Crippen molar-refractivity contribution >= 4 is 5.82 Å². The first-order valence-electron chi connectivity index (χ1n) is 7.84. The summed E-state index contributed by atoms with van der Waals surface area (Å²) in [6, 6.07) is 16.4. The molecule has 5 heteroatoms. The van der Waals surface area contributed by atoms with E-state index in [1.807, 2.05) is 6.07 Å². The number of hydrogen-bond acceptors (Lipinski definition) is 5. The zero-order chi connectivity index (χ0) is 15.9. The van der Waals surface area contributed by atoms with E-state index in [-0.39, 0.29) is 6.04 Å². The number of anilines is 1. The van der Waals surface area contributed by atoms with Crippen LogP contribution < -0.4 is 5.32 Å². The lowest BCUT2D eigenvalue weighted by atomic mass is 10.0. The van der Waals surface area contributed by atoms with Gasteiger partial charge in [0.25, 0.3) is 0 Å². The second-order valence-corrected chi connectivity index (χ2v) is 5.47. The average Bonchev–Trinajstić information content (AvgIpc) is 2.64. The number of hydrogen-bond donors (Lipinski definition) is 1. The van der Waals surface area contributed by atoms with Crippen LogP contribution in [0.3, 0.4) is 0 Å². The molecular weight excluding hydrogens is 288 g/mol. The third kappa shape index (κ3) is 3.86. The Morgan fingerprint density at radius 1 is 1.17 bits per heavy atom. The molecule has 0 spiro atoms. The lowest BCUT2D eigenvalue weighted by molar-refractivity contribution is 0.0187. The van der Waals surface area contributed by atoms with E-state index >= 15 is 0 Å². The Balaban J connectivity index is 1.77. The maximum atomic E-state index is 9.19. The van der Waals surface area contributed by atoms with Gasteiger partial charge in [0, 0.05) is 25.8 Å². The third-order valence-electron chi connectivity index (χ3n) is 4.06. The second-order valence-electron chi connectivity index (χ2n) is 5.47. The number of ether oxygens (including phenoxy) is 1. The normalized spacial score (nSPS) is 16.5. The first-order valence-corrected chi connectivity index (χ1v) is 7.84. The summed E-state index contributed by atoms with van der Waals surface area (Å²) in [5.74, 6) is 0.643. The summed E-state index contributed by atoms with van der Waals surface area (Å²) >= 11 is 0. The van der Waals surface area contributed by atoms with Gasteiger partial charge in [-0.15, -0.1) is 0 Å². The molecule has 1 aliphatic rings. The fourth-order valence-electron chi connectivity index (χ4n) is 2.85. The third-order valence-corrected chi connectivity index (χ3v) is 4.06. The summed E-state index contributed by atoms with van der Waals surface area (Å²) in [4.78, 5) is 6.70. The van der Waals surface area contributed by atoms with Crippen LogP contribution in [0.25, 0.3) is 0 Å². The van der Waals surface area contributed by atoms with Crippen LogP contribution in [0, 0.1) is 11.3 Å². The van der Waals surface area contributed by atoms with Gasteiger partial charge >= 0.3 is 0 Å². The predicted octanol–water partition coefficient (Wildman–Crippen LogP) is 2.44. The molecule has 0 unspecified atom stereocenters. The van der Waals surface area contributed by atoms with Gasteiger partial charge in [0.15, 0.2) is 0 Å². The summed E-state index contributed by atoms with van der Waals surface area (Å²) in [6.45, 7) is 4.05. The van der Waals surface area contributed by atoms with E-state index in [1.54, 1.807) is 18.3 Å². The van der Waals surface area contributed by atoms with Crippen LogP contribution in [-0.2, 0) is 4.74 Å². The summed E-state index contributed by atoms with van der Waals surface area (Å²) in [5.41, 5.74) is 1.83. The molecule has 1 N–H and O–H groups in total. The first kappa shape index (κ1) is 15.5. The number of morpholine rings is 1. The number of nitrogens with one attached hydrogen (secondary N) is 1. The molecule has 0 saturated carbocycles. The van der Waals surface area contributed by atoms with Gasteiger partial charge in [-0.2, -0.15) is 5.26 Å². The standard InChI is InChI=1S/C18H20N4O/c19-13-16-7-4-8-20-18(16)21-14-17(15-5-2-1-3-6-15)22-9-11-23-12-10-22/h1-8,17H,9-12,14H2,(H,20,21)/t17-/m0/s1. The number of aromatic nitrogens is 1. The molecule has 1 fully saturated rings. The Morgan fingerprint density at radius 3 is 2.70 bits per heavy atom. The molecule has 1 saturated heterocycles. The van der Waals surface area contributed by atoms with E-state index in [9.17, 15) is 5.26 Å². The number of benzene rings is 1. The molecule has 1 atom stereocenters. The van der Waals surface area contributed by atoms with Gasteiger partial charge < -0.3 is 10.1 Å². The van der Waals surface area contributed by atoms with Gasteiger partial charge in [0.1, 0.15) is 11.9 Å². The maximum Gasteiger partial charge on any atom is 0.143 e. The molecule has 0 amide bonds. The van der Waals surface area contributed by atoms with Crippen LogP contribution in [0.1, 0.15) is 17.2 Å². The Kier molecular flexibility index (Phi) is 5.20. The molecule has 118 valence electrons. The molecule has 3 rings (SSSR count). The highest BCUT2D eigenvalue weighted by Gasteiger charge is 2.22. The second kappa shape index (κ2) is 7.73. The van der Waals surface area contributed by atoms with Crippen LogP contribution in [0.4, 0.5) is 5.82 Å². The van der Waals surface area contributed by atoms with Crippen molar-refractivity contribution in [2.24, 2.45) is 0 Å². The van der Waals surface area contributed by atoms with Gasteiger partial charge in [-0.05, 0) is 17.7 Å². The van der Waals surface area contributed by atoms with E-state index in [4.69, 9.17) is 4.74 Å².